The average molecular weight is 367 g/mol. The maximum atomic E-state index is 9.66. The molecule has 3 nitrogen and oxygen atoms in total. The number of halogens is 2. The molecule has 122 valence electrons. The molecule has 0 unspecified atom stereocenters. The van der Waals surface area contributed by atoms with Crippen molar-refractivity contribution < 1.29 is 4.74 Å². The van der Waals surface area contributed by atoms with E-state index >= 15 is 0 Å². The van der Waals surface area contributed by atoms with Crippen molar-refractivity contribution >= 4 is 34.0 Å². The van der Waals surface area contributed by atoms with Gasteiger partial charge in [0.2, 0.25) is 5.88 Å². The minimum Gasteiger partial charge on any atom is -0.440 e. The van der Waals surface area contributed by atoms with Crippen LogP contribution in [0.2, 0.25) is 10.0 Å². The van der Waals surface area contributed by atoms with Crippen molar-refractivity contribution in [2.45, 2.75) is 5.92 Å². The van der Waals surface area contributed by atoms with Gasteiger partial charge in [-0.15, -0.1) is 0 Å². The summed E-state index contributed by atoms with van der Waals surface area (Å²) < 4.78 is 5.83. The van der Waals surface area contributed by atoms with Crippen molar-refractivity contribution in [3.8, 4) is 11.8 Å². The molecule has 1 atom stereocenters. The van der Waals surface area contributed by atoms with E-state index in [1.807, 2.05) is 36.4 Å². The van der Waals surface area contributed by atoms with Gasteiger partial charge in [0.25, 0.3) is 0 Å². The fraction of sp³-hybridized carbons (Fsp3) is 0.0500. The monoisotopic (exact) mass is 366 g/mol. The van der Waals surface area contributed by atoms with E-state index in [0.717, 1.165) is 16.3 Å². The highest BCUT2D eigenvalue weighted by molar-refractivity contribution is 6.36. The summed E-state index contributed by atoms with van der Waals surface area (Å²) >= 11 is 12.8. The summed E-state index contributed by atoms with van der Waals surface area (Å²) in [5.74, 6) is 0.238. The molecule has 3 aromatic rings. The van der Waals surface area contributed by atoms with Crippen molar-refractivity contribution in [2.24, 2.45) is 5.73 Å². The number of hydrogen-bond donors (Lipinski definition) is 1. The first-order valence-corrected chi connectivity index (χ1v) is 8.40. The Morgan fingerprint density at radius 1 is 0.960 bits per heavy atom. The average Bonchev–Trinajstić information content (AvgIpc) is 2.61. The second-order valence-corrected chi connectivity index (χ2v) is 6.58. The molecular weight excluding hydrogens is 355 g/mol. The maximum absolute atomic E-state index is 9.66. The third kappa shape index (κ3) is 2.42. The molecule has 0 aliphatic carbocycles. The molecule has 0 bridgehead atoms. The number of fused-ring (bicyclic) bond motifs is 3. The summed E-state index contributed by atoms with van der Waals surface area (Å²) in [4.78, 5) is 0. The van der Waals surface area contributed by atoms with Gasteiger partial charge in [-0.25, -0.2) is 0 Å². The smallest absolute Gasteiger partial charge is 0.205 e. The molecule has 1 heterocycles. The van der Waals surface area contributed by atoms with Gasteiger partial charge in [-0.2, -0.15) is 5.26 Å². The Labute approximate surface area is 154 Å². The molecule has 0 saturated carbocycles. The van der Waals surface area contributed by atoms with Gasteiger partial charge in [-0.1, -0.05) is 65.7 Å². The Kier molecular flexibility index (Phi) is 3.80. The molecule has 2 N–H and O–H groups in total. The highest BCUT2D eigenvalue weighted by Gasteiger charge is 2.34. The van der Waals surface area contributed by atoms with Crippen LogP contribution in [0.1, 0.15) is 17.0 Å². The summed E-state index contributed by atoms with van der Waals surface area (Å²) in [6, 6.07) is 19.2. The van der Waals surface area contributed by atoms with E-state index < -0.39 is 5.92 Å². The number of nitriles is 1. The zero-order valence-corrected chi connectivity index (χ0v) is 14.5. The highest BCUT2D eigenvalue weighted by atomic mass is 35.5. The van der Waals surface area contributed by atoms with E-state index in [-0.39, 0.29) is 5.88 Å². The molecule has 3 aromatic carbocycles. The van der Waals surface area contributed by atoms with E-state index in [0.29, 0.717) is 26.9 Å². The van der Waals surface area contributed by atoms with Gasteiger partial charge in [0, 0.05) is 26.6 Å². The molecule has 1 aliphatic heterocycles. The van der Waals surface area contributed by atoms with E-state index in [2.05, 4.69) is 6.07 Å². The van der Waals surface area contributed by atoms with Gasteiger partial charge in [0.1, 0.15) is 17.4 Å². The van der Waals surface area contributed by atoms with E-state index in [1.54, 1.807) is 18.2 Å². The van der Waals surface area contributed by atoms with Gasteiger partial charge in [-0.05, 0) is 17.5 Å². The van der Waals surface area contributed by atoms with Gasteiger partial charge in [0.05, 0.1) is 5.92 Å². The zero-order valence-electron chi connectivity index (χ0n) is 13.0. The second kappa shape index (κ2) is 6.00. The van der Waals surface area contributed by atoms with Crippen LogP contribution in [0, 0.1) is 11.3 Å². The topological polar surface area (TPSA) is 59.0 Å². The van der Waals surface area contributed by atoms with Crippen molar-refractivity contribution in [2.75, 3.05) is 0 Å². The first kappa shape index (κ1) is 15.8. The molecule has 4 rings (SSSR count). The third-order valence-electron chi connectivity index (χ3n) is 4.40. The van der Waals surface area contributed by atoms with Crippen LogP contribution < -0.4 is 10.5 Å². The Balaban J connectivity index is 2.07. The van der Waals surface area contributed by atoms with Crippen LogP contribution in [0.3, 0.4) is 0 Å². The van der Waals surface area contributed by atoms with Crippen LogP contribution in [-0.4, -0.2) is 0 Å². The predicted molar refractivity (Wildman–Crippen MR) is 99.7 cm³/mol. The van der Waals surface area contributed by atoms with Gasteiger partial charge < -0.3 is 10.5 Å². The van der Waals surface area contributed by atoms with Crippen molar-refractivity contribution in [1.82, 2.24) is 0 Å². The van der Waals surface area contributed by atoms with Crippen LogP contribution in [0.4, 0.5) is 0 Å². The van der Waals surface area contributed by atoms with Crippen molar-refractivity contribution in [3.63, 3.8) is 0 Å². The number of ether oxygens (including phenoxy) is 1. The summed E-state index contributed by atoms with van der Waals surface area (Å²) in [6.07, 6.45) is 0. The van der Waals surface area contributed by atoms with Crippen molar-refractivity contribution in [3.05, 3.63) is 87.2 Å². The molecule has 1 aliphatic rings. The standard InChI is InChI=1S/C20H12Cl2N2O/c21-15-6-3-7-16(22)18(15)17-13-9-8-11-4-1-2-5-12(11)19(13)25-20(24)14(17)10-23/h1-9,17H,24H2/t17-/m0/s1. The van der Waals surface area contributed by atoms with Gasteiger partial charge in [0.15, 0.2) is 0 Å². The zero-order chi connectivity index (χ0) is 17.6. The molecule has 0 saturated heterocycles. The number of allylic oxidation sites excluding steroid dienone is 1. The Morgan fingerprint density at radius 2 is 1.68 bits per heavy atom. The van der Waals surface area contributed by atoms with Gasteiger partial charge in [-0.3, -0.25) is 0 Å². The molecule has 0 fully saturated rings. The quantitative estimate of drug-likeness (QED) is 0.630. The van der Waals surface area contributed by atoms with Gasteiger partial charge >= 0.3 is 0 Å². The molecule has 0 radical (unpaired) electrons. The number of hydrogen-bond acceptors (Lipinski definition) is 3. The maximum Gasteiger partial charge on any atom is 0.205 e. The molecule has 0 amide bonds. The van der Waals surface area contributed by atoms with Crippen LogP contribution in [0.25, 0.3) is 10.8 Å². The minimum absolute atomic E-state index is 0.0762. The lowest BCUT2D eigenvalue weighted by atomic mass is 9.82. The first-order chi connectivity index (χ1) is 12.1. The molecular formula is C20H12Cl2N2O. The minimum atomic E-state index is -0.473. The lowest BCUT2D eigenvalue weighted by molar-refractivity contribution is 0.398. The fourth-order valence-corrected chi connectivity index (χ4v) is 3.89. The van der Waals surface area contributed by atoms with Crippen LogP contribution in [-0.2, 0) is 0 Å². The van der Waals surface area contributed by atoms with E-state index in [9.17, 15) is 5.26 Å². The van der Waals surface area contributed by atoms with Crippen LogP contribution >= 0.6 is 23.2 Å². The summed E-state index contributed by atoms with van der Waals surface area (Å²) in [7, 11) is 0. The first-order valence-electron chi connectivity index (χ1n) is 7.65. The Morgan fingerprint density at radius 3 is 2.40 bits per heavy atom. The summed E-state index contributed by atoms with van der Waals surface area (Å²) in [5.41, 5.74) is 7.85. The van der Waals surface area contributed by atoms with Crippen LogP contribution in [0.15, 0.2) is 66.1 Å². The number of rotatable bonds is 1. The fourth-order valence-electron chi connectivity index (χ4n) is 3.27. The predicted octanol–water partition coefficient (Wildman–Crippen LogP) is 5.36. The number of nitrogens with zero attached hydrogens (tertiary/aromatic N) is 1. The molecule has 0 aromatic heterocycles. The Hall–Kier alpha value is -2.67. The molecule has 25 heavy (non-hydrogen) atoms. The van der Waals surface area contributed by atoms with E-state index in [1.165, 1.54) is 0 Å². The molecule has 5 heteroatoms. The summed E-state index contributed by atoms with van der Waals surface area (Å²) in [5, 5.41) is 12.6. The SMILES string of the molecule is N#CC1=C(N)Oc2c(ccc3ccccc23)[C@@H]1c1c(Cl)cccc1Cl. The number of benzene rings is 3. The van der Waals surface area contributed by atoms with E-state index in [4.69, 9.17) is 33.7 Å². The second-order valence-electron chi connectivity index (χ2n) is 5.77. The largest absolute Gasteiger partial charge is 0.440 e. The Bertz CT molecular complexity index is 1060. The highest BCUT2D eigenvalue weighted by Crippen LogP contribution is 2.48. The third-order valence-corrected chi connectivity index (χ3v) is 5.06. The lowest BCUT2D eigenvalue weighted by Crippen LogP contribution is -2.21. The lowest BCUT2D eigenvalue weighted by Gasteiger charge is -2.28. The molecule has 0 spiro atoms. The number of nitrogens with two attached hydrogens (primary N) is 1. The van der Waals surface area contributed by atoms with Crippen LogP contribution in [0.5, 0.6) is 5.75 Å². The normalized spacial score (nSPS) is 16.3. The summed E-state index contributed by atoms with van der Waals surface area (Å²) in [6.45, 7) is 0. The van der Waals surface area contributed by atoms with Crippen molar-refractivity contribution in [1.29, 1.82) is 5.26 Å².